The van der Waals surface area contributed by atoms with Gasteiger partial charge in [-0.2, -0.15) is 0 Å². The van der Waals surface area contributed by atoms with E-state index in [2.05, 4.69) is 19.2 Å². The van der Waals surface area contributed by atoms with Crippen LogP contribution in [0.2, 0.25) is 0 Å². The highest BCUT2D eigenvalue weighted by Gasteiger charge is 2.44. The third-order valence-corrected chi connectivity index (χ3v) is 17.5. The third-order valence-electron chi connectivity index (χ3n) is 17.5. The summed E-state index contributed by atoms with van der Waals surface area (Å²) in [5.74, 6) is -0.133. The number of hydrogen-bond donors (Lipinski definition) is 6. The molecule has 0 aliphatic carbocycles. The Balaban J connectivity index is 2.09. The lowest BCUT2D eigenvalue weighted by atomic mass is 9.99. The second-order valence-electron chi connectivity index (χ2n) is 25.0. The van der Waals surface area contributed by atoms with Gasteiger partial charge in [0.1, 0.15) is 24.4 Å². The van der Waals surface area contributed by atoms with Crippen LogP contribution in [0.4, 0.5) is 0 Å². The number of aliphatic hydroxyl groups is 5. The molecule has 7 atom stereocenters. The van der Waals surface area contributed by atoms with Crippen LogP contribution in [0.25, 0.3) is 0 Å². The molecule has 7 unspecified atom stereocenters. The van der Waals surface area contributed by atoms with E-state index in [1.165, 1.54) is 315 Å². The Labute approximate surface area is 484 Å². The number of carbonyl (C=O) groups is 1. The lowest BCUT2D eigenvalue weighted by Crippen LogP contribution is -2.60. The van der Waals surface area contributed by atoms with Gasteiger partial charge in [-0.15, -0.1) is 0 Å². The van der Waals surface area contributed by atoms with Gasteiger partial charge in [0.2, 0.25) is 5.91 Å². The molecule has 0 aromatic carbocycles. The Hall–Kier alpha value is -0.810. The first-order valence-corrected chi connectivity index (χ1v) is 35.2. The Morgan fingerprint density at radius 1 is 0.385 bits per heavy atom. The van der Waals surface area contributed by atoms with Crippen LogP contribution in [0.5, 0.6) is 0 Å². The molecule has 0 radical (unpaired) electrons. The second-order valence-corrected chi connectivity index (χ2v) is 25.0. The van der Waals surface area contributed by atoms with E-state index in [9.17, 15) is 30.3 Å². The van der Waals surface area contributed by atoms with Crippen LogP contribution in [-0.2, 0) is 14.3 Å². The average molecular weight is 1110 g/mol. The molecule has 0 aromatic heterocycles. The van der Waals surface area contributed by atoms with Gasteiger partial charge in [0.25, 0.3) is 0 Å². The Morgan fingerprint density at radius 2 is 0.641 bits per heavy atom. The molecule has 1 fully saturated rings. The van der Waals surface area contributed by atoms with Crippen molar-refractivity contribution in [2.24, 2.45) is 0 Å². The second kappa shape index (κ2) is 59.4. The summed E-state index contributed by atoms with van der Waals surface area (Å²) in [6, 6.07) is -0.715. The molecule has 9 nitrogen and oxygen atoms in total. The quantitative estimate of drug-likeness (QED) is 0.0330. The van der Waals surface area contributed by atoms with Crippen LogP contribution in [0.1, 0.15) is 380 Å². The predicted molar refractivity (Wildman–Crippen MR) is 332 cm³/mol. The Bertz CT molecular complexity index is 1190. The SMILES string of the molecule is CCCCCCCCCCCCCCCCCCCCCCCCCCCCCCCCCC(O)C(COC1OC(CO)C(O)C(O)C1O)NC(=O)CCCCCCCCCCCCCCCCCCCCCCCCCC. The molecule has 1 rings (SSSR count). The molecule has 1 heterocycles. The fourth-order valence-corrected chi connectivity index (χ4v) is 11.9. The monoisotopic (exact) mass is 1110 g/mol. The van der Waals surface area contributed by atoms with Crippen LogP contribution in [0.15, 0.2) is 0 Å². The smallest absolute Gasteiger partial charge is 0.220 e. The van der Waals surface area contributed by atoms with Crippen molar-refractivity contribution in [2.45, 2.75) is 423 Å². The van der Waals surface area contributed by atoms with Crippen LogP contribution in [-0.4, -0.2) is 87.5 Å². The molecule has 1 aliphatic heterocycles. The van der Waals surface area contributed by atoms with Gasteiger partial charge in [-0.1, -0.05) is 361 Å². The van der Waals surface area contributed by atoms with E-state index in [0.717, 1.165) is 38.5 Å². The molecule has 78 heavy (non-hydrogen) atoms. The standard InChI is InChI=1S/C69H137NO8/c1-3-5-7-9-11-13-15-17-19-21-23-25-27-29-30-31-32-33-34-35-36-38-40-42-44-46-48-50-52-54-56-58-63(72)62(61-77-69-68(76)67(75)66(74)64(60-71)78-69)70-65(73)59-57-55-53-51-49-47-45-43-41-39-37-28-26-24-22-20-18-16-14-12-10-8-6-4-2/h62-64,66-69,71-72,74-76H,3-61H2,1-2H3,(H,70,73). The molecule has 1 amide bonds. The van der Waals surface area contributed by atoms with Crippen molar-refractivity contribution in [1.29, 1.82) is 0 Å². The number of hydrogen-bond acceptors (Lipinski definition) is 8. The van der Waals surface area contributed by atoms with Crippen LogP contribution in [0, 0.1) is 0 Å². The number of nitrogens with one attached hydrogen (secondary N) is 1. The van der Waals surface area contributed by atoms with Gasteiger partial charge >= 0.3 is 0 Å². The fraction of sp³-hybridized carbons (Fsp3) is 0.986. The molecular formula is C69H137NO8. The molecular weight excluding hydrogens is 971 g/mol. The van der Waals surface area contributed by atoms with Crippen molar-refractivity contribution >= 4 is 5.91 Å². The number of aliphatic hydroxyl groups excluding tert-OH is 5. The lowest BCUT2D eigenvalue weighted by molar-refractivity contribution is -0.302. The lowest BCUT2D eigenvalue weighted by Gasteiger charge is -2.40. The number of unbranched alkanes of at least 4 members (excludes halogenated alkanes) is 53. The molecule has 9 heteroatoms. The first-order chi connectivity index (χ1) is 38.3. The zero-order valence-corrected chi connectivity index (χ0v) is 52.2. The molecule has 0 saturated carbocycles. The molecule has 466 valence electrons. The van der Waals surface area contributed by atoms with E-state index in [1.54, 1.807) is 0 Å². The van der Waals surface area contributed by atoms with Crippen LogP contribution >= 0.6 is 0 Å². The summed E-state index contributed by atoms with van der Waals surface area (Å²) in [5, 5.41) is 54.9. The van der Waals surface area contributed by atoms with Crippen molar-refractivity contribution in [3.63, 3.8) is 0 Å². The minimum absolute atomic E-state index is 0.130. The predicted octanol–water partition coefficient (Wildman–Crippen LogP) is 18.9. The van der Waals surface area contributed by atoms with E-state index in [4.69, 9.17) is 9.47 Å². The largest absolute Gasteiger partial charge is 0.394 e. The van der Waals surface area contributed by atoms with E-state index in [-0.39, 0.29) is 12.5 Å². The first-order valence-electron chi connectivity index (χ1n) is 35.2. The summed E-state index contributed by atoms with van der Waals surface area (Å²) in [5.41, 5.74) is 0. The van der Waals surface area contributed by atoms with Gasteiger partial charge in [-0.3, -0.25) is 4.79 Å². The van der Waals surface area contributed by atoms with E-state index < -0.39 is 49.5 Å². The maximum atomic E-state index is 13.1. The topological polar surface area (TPSA) is 149 Å². The summed E-state index contributed by atoms with van der Waals surface area (Å²) in [4.78, 5) is 13.1. The summed E-state index contributed by atoms with van der Waals surface area (Å²) in [7, 11) is 0. The van der Waals surface area contributed by atoms with E-state index >= 15 is 0 Å². The number of ether oxygens (including phenoxy) is 2. The zero-order valence-electron chi connectivity index (χ0n) is 52.2. The minimum atomic E-state index is -1.55. The van der Waals surface area contributed by atoms with Gasteiger partial charge < -0.3 is 40.3 Å². The highest BCUT2D eigenvalue weighted by Crippen LogP contribution is 2.24. The van der Waals surface area contributed by atoms with Gasteiger partial charge in [-0.05, 0) is 12.8 Å². The van der Waals surface area contributed by atoms with Crippen molar-refractivity contribution in [2.75, 3.05) is 13.2 Å². The van der Waals surface area contributed by atoms with Crippen molar-refractivity contribution in [3.8, 4) is 0 Å². The Kier molecular flexibility index (Phi) is 57.2. The summed E-state index contributed by atoms with van der Waals surface area (Å²) in [6.07, 6.45) is 67.5. The van der Waals surface area contributed by atoms with Crippen LogP contribution < -0.4 is 5.32 Å². The van der Waals surface area contributed by atoms with Crippen molar-refractivity contribution in [1.82, 2.24) is 5.32 Å². The van der Waals surface area contributed by atoms with Crippen LogP contribution in [0.3, 0.4) is 0 Å². The molecule has 6 N–H and O–H groups in total. The van der Waals surface area contributed by atoms with Gasteiger partial charge in [0, 0.05) is 6.42 Å². The third kappa shape index (κ3) is 47.7. The maximum Gasteiger partial charge on any atom is 0.220 e. The molecule has 0 aromatic rings. The summed E-state index contributed by atoms with van der Waals surface area (Å²) < 4.78 is 11.4. The number of amides is 1. The van der Waals surface area contributed by atoms with E-state index in [0.29, 0.717) is 12.8 Å². The summed E-state index contributed by atoms with van der Waals surface area (Å²) in [6.45, 7) is 3.91. The highest BCUT2D eigenvalue weighted by atomic mass is 16.7. The molecule has 0 spiro atoms. The van der Waals surface area contributed by atoms with Gasteiger partial charge in [0.05, 0.1) is 25.4 Å². The molecule has 1 aliphatic rings. The minimum Gasteiger partial charge on any atom is -0.394 e. The average Bonchev–Trinajstić information content (AvgIpc) is 3.45. The number of rotatable bonds is 63. The van der Waals surface area contributed by atoms with E-state index in [1.807, 2.05) is 0 Å². The Morgan fingerprint density at radius 3 is 0.910 bits per heavy atom. The van der Waals surface area contributed by atoms with Gasteiger partial charge in [-0.25, -0.2) is 0 Å². The molecule has 0 bridgehead atoms. The van der Waals surface area contributed by atoms with Gasteiger partial charge in [0.15, 0.2) is 6.29 Å². The normalized spacial score (nSPS) is 18.5. The highest BCUT2D eigenvalue weighted by molar-refractivity contribution is 5.76. The zero-order chi connectivity index (χ0) is 56.5. The van der Waals surface area contributed by atoms with Crippen molar-refractivity contribution in [3.05, 3.63) is 0 Å². The first kappa shape index (κ1) is 75.2. The summed E-state index contributed by atoms with van der Waals surface area (Å²) >= 11 is 0. The van der Waals surface area contributed by atoms with Crippen molar-refractivity contribution < 1.29 is 39.8 Å². The maximum absolute atomic E-state index is 13.1. The molecule has 1 saturated heterocycles. The fourth-order valence-electron chi connectivity index (χ4n) is 11.9. The number of carbonyl (C=O) groups excluding carboxylic acids is 1.